The first-order valence-electron chi connectivity index (χ1n) is 7.26. The van der Waals surface area contributed by atoms with Gasteiger partial charge in [0, 0.05) is 18.2 Å². The molecule has 1 saturated heterocycles. The molecule has 1 fully saturated rings. The molecule has 1 aromatic carbocycles. The molecule has 2 rings (SSSR count). The van der Waals surface area contributed by atoms with Crippen LogP contribution < -0.4 is 0 Å². The van der Waals surface area contributed by atoms with E-state index in [9.17, 15) is 9.50 Å². The summed E-state index contributed by atoms with van der Waals surface area (Å²) in [5.74, 6) is 0.398. The fraction of sp³-hybridized carbons (Fsp3) is 0.625. The number of nitrogens with zero attached hydrogens (tertiary/aromatic N) is 1. The maximum Gasteiger partial charge on any atom is 0.128 e. The number of hydrogen-bond donors (Lipinski definition) is 1. The van der Waals surface area contributed by atoms with Crippen LogP contribution in [0, 0.1) is 11.7 Å². The van der Waals surface area contributed by atoms with E-state index in [1.54, 1.807) is 18.2 Å². The summed E-state index contributed by atoms with van der Waals surface area (Å²) in [6.07, 6.45) is 2.40. The maximum absolute atomic E-state index is 13.6. The molecule has 0 amide bonds. The van der Waals surface area contributed by atoms with Crippen LogP contribution in [0.3, 0.4) is 0 Å². The van der Waals surface area contributed by atoms with Gasteiger partial charge in [0.25, 0.3) is 0 Å². The molecule has 1 heterocycles. The van der Waals surface area contributed by atoms with Crippen molar-refractivity contribution in [2.45, 2.75) is 45.3 Å². The minimum absolute atomic E-state index is 0.310. The fourth-order valence-corrected chi connectivity index (χ4v) is 2.93. The number of halogens is 1. The normalized spacial score (nSPS) is 26.3. The van der Waals surface area contributed by atoms with E-state index in [4.69, 9.17) is 0 Å². The van der Waals surface area contributed by atoms with Crippen molar-refractivity contribution < 1.29 is 9.50 Å². The van der Waals surface area contributed by atoms with E-state index in [0.29, 0.717) is 23.9 Å². The lowest BCUT2D eigenvalue weighted by Gasteiger charge is -2.38. The highest BCUT2D eigenvalue weighted by atomic mass is 19.1. The van der Waals surface area contributed by atoms with Crippen LogP contribution in [0.2, 0.25) is 0 Å². The Morgan fingerprint density at radius 2 is 2.11 bits per heavy atom. The summed E-state index contributed by atoms with van der Waals surface area (Å²) in [7, 11) is 0. The Morgan fingerprint density at radius 1 is 1.37 bits per heavy atom. The number of likely N-dealkylation sites (tertiary alicyclic amines) is 1. The lowest BCUT2D eigenvalue weighted by molar-refractivity contribution is 0.0828. The number of benzene rings is 1. The molecule has 0 spiro atoms. The number of hydrogen-bond acceptors (Lipinski definition) is 2. The Kier molecular flexibility index (Phi) is 4.94. The summed E-state index contributed by atoms with van der Waals surface area (Å²) < 4.78 is 13.6. The van der Waals surface area contributed by atoms with Crippen LogP contribution in [0.1, 0.15) is 44.8 Å². The van der Waals surface area contributed by atoms with Crippen LogP contribution >= 0.6 is 0 Å². The zero-order valence-electron chi connectivity index (χ0n) is 11.8. The molecule has 106 valence electrons. The van der Waals surface area contributed by atoms with Crippen molar-refractivity contribution in [2.24, 2.45) is 5.92 Å². The van der Waals surface area contributed by atoms with Gasteiger partial charge >= 0.3 is 0 Å². The van der Waals surface area contributed by atoms with Gasteiger partial charge in [-0.15, -0.1) is 0 Å². The second kappa shape index (κ2) is 6.49. The second-order valence-corrected chi connectivity index (χ2v) is 5.72. The molecule has 0 aliphatic carbocycles. The summed E-state index contributed by atoms with van der Waals surface area (Å²) in [6, 6.07) is 7.06. The molecule has 0 aromatic heterocycles. The van der Waals surface area contributed by atoms with Crippen molar-refractivity contribution in [1.29, 1.82) is 0 Å². The quantitative estimate of drug-likeness (QED) is 0.902. The van der Waals surface area contributed by atoms with Gasteiger partial charge in [-0.2, -0.15) is 0 Å². The third-order valence-corrected chi connectivity index (χ3v) is 4.46. The van der Waals surface area contributed by atoms with Gasteiger partial charge in [-0.05, 0) is 44.7 Å². The standard InChI is InChI=1S/C16H24FNO/c1-12-6-5-10-18(13(12)2)11-9-16(19)14-7-3-4-8-15(14)17/h3-4,7-8,12-13,16,19H,5-6,9-11H2,1-2H3. The van der Waals surface area contributed by atoms with Crippen molar-refractivity contribution in [1.82, 2.24) is 4.90 Å². The van der Waals surface area contributed by atoms with Gasteiger partial charge in [0.2, 0.25) is 0 Å². The van der Waals surface area contributed by atoms with Crippen molar-refractivity contribution in [2.75, 3.05) is 13.1 Å². The highest BCUT2D eigenvalue weighted by molar-refractivity contribution is 5.19. The van der Waals surface area contributed by atoms with Gasteiger partial charge in [0.05, 0.1) is 6.10 Å². The summed E-state index contributed by atoms with van der Waals surface area (Å²) in [6.45, 7) is 6.46. The van der Waals surface area contributed by atoms with Crippen LogP contribution in [0.5, 0.6) is 0 Å². The van der Waals surface area contributed by atoms with Gasteiger partial charge in [0.15, 0.2) is 0 Å². The van der Waals surface area contributed by atoms with E-state index >= 15 is 0 Å². The van der Waals surface area contributed by atoms with Gasteiger partial charge in [-0.1, -0.05) is 25.1 Å². The first-order chi connectivity index (χ1) is 9.09. The monoisotopic (exact) mass is 265 g/mol. The van der Waals surface area contributed by atoms with E-state index < -0.39 is 6.10 Å². The van der Waals surface area contributed by atoms with Crippen molar-refractivity contribution in [3.8, 4) is 0 Å². The van der Waals surface area contributed by atoms with E-state index in [1.807, 2.05) is 0 Å². The highest BCUT2D eigenvalue weighted by Gasteiger charge is 2.25. The van der Waals surface area contributed by atoms with Gasteiger partial charge < -0.3 is 10.0 Å². The smallest absolute Gasteiger partial charge is 0.128 e. The molecule has 2 nitrogen and oxygen atoms in total. The molecule has 0 radical (unpaired) electrons. The van der Waals surface area contributed by atoms with Gasteiger partial charge in [-0.3, -0.25) is 0 Å². The SMILES string of the molecule is CC1CCCN(CCC(O)c2ccccc2F)C1C. The summed E-state index contributed by atoms with van der Waals surface area (Å²) in [4.78, 5) is 2.41. The average molecular weight is 265 g/mol. The Labute approximate surface area is 115 Å². The van der Waals surface area contributed by atoms with Crippen LogP contribution in [-0.2, 0) is 0 Å². The Bertz CT molecular complexity index is 409. The number of piperidine rings is 1. The van der Waals surface area contributed by atoms with E-state index in [1.165, 1.54) is 18.9 Å². The Hall–Kier alpha value is -0.930. The van der Waals surface area contributed by atoms with Crippen molar-refractivity contribution in [3.63, 3.8) is 0 Å². The second-order valence-electron chi connectivity index (χ2n) is 5.72. The average Bonchev–Trinajstić information content (AvgIpc) is 2.40. The highest BCUT2D eigenvalue weighted by Crippen LogP contribution is 2.25. The molecule has 1 N–H and O–H groups in total. The molecule has 0 saturated carbocycles. The van der Waals surface area contributed by atoms with Crippen LogP contribution in [-0.4, -0.2) is 29.1 Å². The molecule has 0 bridgehead atoms. The summed E-state index contributed by atoms with van der Waals surface area (Å²) in [5, 5.41) is 10.1. The van der Waals surface area contributed by atoms with Gasteiger partial charge in [-0.25, -0.2) is 4.39 Å². The van der Waals surface area contributed by atoms with E-state index in [2.05, 4.69) is 18.7 Å². The number of aliphatic hydroxyl groups excluding tert-OH is 1. The molecule has 1 aliphatic rings. The Morgan fingerprint density at radius 3 is 2.84 bits per heavy atom. The predicted octanol–water partition coefficient (Wildman–Crippen LogP) is 3.37. The third-order valence-electron chi connectivity index (χ3n) is 4.46. The van der Waals surface area contributed by atoms with Crippen molar-refractivity contribution in [3.05, 3.63) is 35.6 Å². The zero-order valence-corrected chi connectivity index (χ0v) is 11.8. The van der Waals surface area contributed by atoms with Crippen molar-refractivity contribution >= 4 is 0 Å². The predicted molar refractivity (Wildman–Crippen MR) is 75.4 cm³/mol. The summed E-state index contributed by atoms with van der Waals surface area (Å²) in [5.41, 5.74) is 0.417. The molecule has 3 unspecified atom stereocenters. The fourth-order valence-electron chi connectivity index (χ4n) is 2.93. The third kappa shape index (κ3) is 3.54. The number of aliphatic hydroxyl groups is 1. The maximum atomic E-state index is 13.6. The Balaban J connectivity index is 1.90. The van der Waals surface area contributed by atoms with Crippen LogP contribution in [0.25, 0.3) is 0 Å². The largest absolute Gasteiger partial charge is 0.388 e. The topological polar surface area (TPSA) is 23.5 Å². The molecular weight excluding hydrogens is 241 g/mol. The minimum Gasteiger partial charge on any atom is -0.388 e. The van der Waals surface area contributed by atoms with Crippen LogP contribution in [0.4, 0.5) is 4.39 Å². The molecule has 3 heteroatoms. The minimum atomic E-state index is -0.703. The first kappa shape index (κ1) is 14.5. The lowest BCUT2D eigenvalue weighted by Crippen LogP contribution is -2.43. The van der Waals surface area contributed by atoms with Gasteiger partial charge in [0.1, 0.15) is 5.82 Å². The molecule has 1 aromatic rings. The molecule has 3 atom stereocenters. The number of rotatable bonds is 4. The summed E-state index contributed by atoms with van der Waals surface area (Å²) >= 11 is 0. The van der Waals surface area contributed by atoms with E-state index in [-0.39, 0.29) is 5.82 Å². The molecular formula is C16H24FNO. The molecule has 1 aliphatic heterocycles. The van der Waals surface area contributed by atoms with Crippen LogP contribution in [0.15, 0.2) is 24.3 Å². The lowest BCUT2D eigenvalue weighted by atomic mass is 9.91. The zero-order chi connectivity index (χ0) is 13.8. The molecule has 19 heavy (non-hydrogen) atoms. The first-order valence-corrected chi connectivity index (χ1v) is 7.26. The van der Waals surface area contributed by atoms with E-state index in [0.717, 1.165) is 13.1 Å².